The molecule has 0 spiro atoms. The van der Waals surface area contributed by atoms with Crippen molar-refractivity contribution in [1.29, 1.82) is 0 Å². The van der Waals surface area contributed by atoms with Crippen molar-refractivity contribution in [3.63, 3.8) is 0 Å². The van der Waals surface area contributed by atoms with Crippen molar-refractivity contribution in [2.45, 2.75) is 20.0 Å². The number of halogens is 4. The molecule has 9 heteroatoms. The average molecular weight is 260 g/mol. The van der Waals surface area contributed by atoms with E-state index in [1.54, 1.807) is 0 Å². The fourth-order valence-corrected chi connectivity index (χ4v) is 0.422. The van der Waals surface area contributed by atoms with Gasteiger partial charge in [-0.1, -0.05) is 5.11 Å². The number of amides is 1. The van der Waals surface area contributed by atoms with Crippen molar-refractivity contribution in [3.8, 4) is 0 Å². The Bertz CT molecular complexity index is 289. The number of hydrogen-bond donors (Lipinski definition) is 0. The molecule has 0 bridgehead atoms. The minimum Gasteiger partial charge on any atom is -1.00 e. The first-order chi connectivity index (χ1) is 6.77. The number of nitrogens with zero attached hydrogens (tertiary/aromatic N) is 3. The summed E-state index contributed by atoms with van der Waals surface area (Å²) in [6, 6.07) is 0.303. The van der Waals surface area contributed by atoms with E-state index in [9.17, 15) is 18.0 Å². The van der Waals surface area contributed by atoms with Gasteiger partial charge in [0.2, 0.25) is 6.04 Å². The summed E-state index contributed by atoms with van der Waals surface area (Å²) >= 11 is 0. The van der Waals surface area contributed by atoms with Crippen LogP contribution in [0.2, 0.25) is 0 Å². The van der Waals surface area contributed by atoms with Crippen LogP contribution in [0.25, 0.3) is 0 Å². The zero-order chi connectivity index (χ0) is 12.1. The molecule has 0 aliphatic heterocycles. The fraction of sp³-hybridized carbons (Fsp3) is 0.571. The maximum atomic E-state index is 12.2. The summed E-state index contributed by atoms with van der Waals surface area (Å²) in [5.41, 5.74) is 0. The standard InChI is InChI=1S/C7H9F3N3O2.ClH/c1-4(2)12-13-5(7(8,9)10)11-6(14)15-3;/h1-3H3;1H/q+1;/p-1/b11-5+,13-12?;. The van der Waals surface area contributed by atoms with E-state index >= 15 is 0 Å². The molecule has 0 heterocycles. The highest BCUT2D eigenvalue weighted by Gasteiger charge is 2.38. The van der Waals surface area contributed by atoms with Gasteiger partial charge in [-0.3, -0.25) is 0 Å². The third-order valence-corrected chi connectivity index (χ3v) is 0.970. The Kier molecular flexibility index (Phi) is 7.53. The van der Waals surface area contributed by atoms with Crippen LogP contribution in [-0.2, 0) is 4.74 Å². The maximum absolute atomic E-state index is 12.2. The van der Waals surface area contributed by atoms with Gasteiger partial charge in [0.15, 0.2) is 0 Å². The summed E-state index contributed by atoms with van der Waals surface area (Å²) in [4.78, 5) is 13.1. The van der Waals surface area contributed by atoms with Gasteiger partial charge in [0.1, 0.15) is 13.8 Å². The van der Waals surface area contributed by atoms with E-state index in [0.717, 1.165) is 7.11 Å². The fourth-order valence-electron chi connectivity index (χ4n) is 0.422. The molecule has 0 radical (unpaired) electrons. The van der Waals surface area contributed by atoms with Crippen LogP contribution in [0, 0.1) is 6.04 Å². The van der Waals surface area contributed by atoms with Gasteiger partial charge in [-0.05, 0) is 0 Å². The number of carbonyl (C=O) groups is 1. The smallest absolute Gasteiger partial charge is 0.453 e. The van der Waals surface area contributed by atoms with E-state index in [4.69, 9.17) is 0 Å². The molecule has 0 aliphatic rings. The molecular weight excluding hydrogens is 251 g/mol. The Morgan fingerprint density at radius 2 is 1.81 bits per heavy atom. The molecule has 0 atom stereocenters. The summed E-state index contributed by atoms with van der Waals surface area (Å²) in [6.07, 6.45) is -6.22. The van der Waals surface area contributed by atoms with Crippen molar-refractivity contribution in [1.82, 2.24) is 0 Å². The van der Waals surface area contributed by atoms with Crippen molar-refractivity contribution in [2.24, 2.45) is 15.2 Å². The van der Waals surface area contributed by atoms with Crippen molar-refractivity contribution in [3.05, 3.63) is 6.04 Å². The Morgan fingerprint density at radius 1 is 1.31 bits per heavy atom. The van der Waals surface area contributed by atoms with E-state index < -0.39 is 18.1 Å². The van der Waals surface area contributed by atoms with Crippen molar-refractivity contribution >= 4 is 11.9 Å². The zero-order valence-corrected chi connectivity index (χ0v) is 9.43. The van der Waals surface area contributed by atoms with Crippen LogP contribution in [0.15, 0.2) is 15.2 Å². The molecular formula is C7H9ClF3N3O2. The number of alkyl halides is 3. The van der Waals surface area contributed by atoms with E-state index in [1.165, 1.54) is 13.8 Å². The second-order valence-corrected chi connectivity index (χ2v) is 2.55. The van der Waals surface area contributed by atoms with Crippen molar-refractivity contribution in [2.75, 3.05) is 7.11 Å². The maximum Gasteiger partial charge on any atom is 0.453 e. The molecule has 0 fully saturated rings. The SMILES string of the molecule is COC(=O)/N=C(/N=N[C+](C)C)C(F)(F)F.[Cl-]. The average Bonchev–Trinajstić information content (AvgIpc) is 2.09. The Labute approximate surface area is 96.2 Å². The largest absolute Gasteiger partial charge is 1.00 e. The number of aliphatic imine (C=N–C) groups is 1. The van der Waals surface area contributed by atoms with E-state index in [2.05, 4.69) is 20.0 Å². The normalized spacial score (nSPS) is 12.2. The van der Waals surface area contributed by atoms with E-state index in [0.29, 0.717) is 6.04 Å². The van der Waals surface area contributed by atoms with Crippen LogP contribution in [0.5, 0.6) is 0 Å². The molecule has 16 heavy (non-hydrogen) atoms. The summed E-state index contributed by atoms with van der Waals surface area (Å²) in [6.45, 7) is 2.91. The number of methoxy groups -OCH3 is 1. The minimum absolute atomic E-state index is 0. The molecule has 0 unspecified atom stereocenters. The third-order valence-electron chi connectivity index (χ3n) is 0.970. The van der Waals surface area contributed by atoms with Crippen LogP contribution in [-0.4, -0.2) is 25.2 Å². The van der Waals surface area contributed by atoms with Crippen molar-refractivity contribution < 1.29 is 35.1 Å². The van der Waals surface area contributed by atoms with Crippen LogP contribution in [0.3, 0.4) is 0 Å². The van der Waals surface area contributed by atoms with Gasteiger partial charge < -0.3 is 17.1 Å². The van der Waals surface area contributed by atoms with Crippen LogP contribution in [0.4, 0.5) is 18.0 Å². The lowest BCUT2D eigenvalue weighted by molar-refractivity contribution is -0.0602. The van der Waals surface area contributed by atoms with Crippen LogP contribution >= 0.6 is 0 Å². The number of ether oxygens (including phenoxy) is 1. The van der Waals surface area contributed by atoms with Gasteiger partial charge in [0.05, 0.1) is 7.11 Å². The Hall–Kier alpha value is -1.31. The quantitative estimate of drug-likeness (QED) is 0.282. The number of carbonyl (C=O) groups excluding carboxylic acids is 1. The Morgan fingerprint density at radius 3 is 2.12 bits per heavy atom. The summed E-state index contributed by atoms with van der Waals surface area (Å²) in [7, 11) is 0.911. The molecule has 0 aliphatic carbocycles. The summed E-state index contributed by atoms with van der Waals surface area (Å²) in [5, 5.41) is 5.96. The molecule has 0 rings (SSSR count). The number of amidine groups is 1. The number of azo groups is 1. The topological polar surface area (TPSA) is 63.4 Å². The first-order valence-electron chi connectivity index (χ1n) is 3.73. The monoisotopic (exact) mass is 259 g/mol. The van der Waals surface area contributed by atoms with Gasteiger partial charge >= 0.3 is 12.3 Å². The highest BCUT2D eigenvalue weighted by atomic mass is 35.5. The van der Waals surface area contributed by atoms with E-state index in [1.807, 2.05) is 0 Å². The molecule has 0 aromatic rings. The second kappa shape index (κ2) is 7.04. The van der Waals surface area contributed by atoms with Gasteiger partial charge in [0.25, 0.3) is 5.84 Å². The van der Waals surface area contributed by atoms with Gasteiger partial charge in [-0.15, -0.1) is 4.99 Å². The van der Waals surface area contributed by atoms with Crippen LogP contribution in [0.1, 0.15) is 13.8 Å². The van der Waals surface area contributed by atoms with Gasteiger partial charge in [0, 0.05) is 5.11 Å². The molecule has 0 saturated heterocycles. The Balaban J connectivity index is 0. The lowest BCUT2D eigenvalue weighted by Gasteiger charge is -2.02. The minimum atomic E-state index is -4.84. The molecule has 0 aromatic carbocycles. The summed E-state index contributed by atoms with van der Waals surface area (Å²) < 4.78 is 40.4. The summed E-state index contributed by atoms with van der Waals surface area (Å²) in [5.74, 6) is -1.64. The molecule has 0 saturated carbocycles. The predicted octanol–water partition coefficient (Wildman–Crippen LogP) is -0.258. The first kappa shape index (κ1) is 17.1. The highest BCUT2D eigenvalue weighted by Crippen LogP contribution is 2.19. The molecule has 1 amide bonds. The lowest BCUT2D eigenvalue weighted by Crippen LogP contribution is -3.00. The van der Waals surface area contributed by atoms with Gasteiger partial charge in [-0.25, -0.2) is 4.79 Å². The molecule has 92 valence electrons. The third kappa shape index (κ3) is 7.04. The predicted molar refractivity (Wildman–Crippen MR) is 45.3 cm³/mol. The molecule has 0 N–H and O–H groups in total. The van der Waals surface area contributed by atoms with E-state index in [-0.39, 0.29) is 12.4 Å². The van der Waals surface area contributed by atoms with Crippen LogP contribution < -0.4 is 12.4 Å². The zero-order valence-electron chi connectivity index (χ0n) is 8.67. The second-order valence-electron chi connectivity index (χ2n) is 2.55. The first-order valence-corrected chi connectivity index (χ1v) is 3.73. The molecule has 0 aromatic heterocycles. The highest BCUT2D eigenvalue weighted by molar-refractivity contribution is 5.95. The lowest BCUT2D eigenvalue weighted by atomic mass is 10.4. The number of rotatable bonds is 1. The van der Waals surface area contributed by atoms with Gasteiger partial charge in [-0.2, -0.15) is 13.2 Å². The number of hydrogen-bond acceptors (Lipinski definition) is 3. The molecule has 5 nitrogen and oxygen atoms in total.